The van der Waals surface area contributed by atoms with Crippen molar-refractivity contribution in [2.75, 3.05) is 20.2 Å². The summed E-state index contributed by atoms with van der Waals surface area (Å²) in [7, 11) is 1.47. The Bertz CT molecular complexity index is 875. The fourth-order valence-corrected chi connectivity index (χ4v) is 3.12. The van der Waals surface area contributed by atoms with Gasteiger partial charge < -0.3 is 15.4 Å². The lowest BCUT2D eigenvalue weighted by Crippen LogP contribution is -2.56. The van der Waals surface area contributed by atoms with Crippen molar-refractivity contribution >= 4 is 11.8 Å². The Balaban J connectivity index is 1.62. The first-order valence-electron chi connectivity index (χ1n) is 9.34. The number of carbonyl (C=O) groups excluding carboxylic acids is 2. The lowest BCUT2D eigenvalue weighted by Gasteiger charge is -2.34. The number of aryl methyl sites for hydroxylation is 1. The molecule has 1 fully saturated rings. The molecule has 1 aromatic heterocycles. The first kappa shape index (κ1) is 20.7. The predicted molar refractivity (Wildman–Crippen MR) is 103 cm³/mol. The van der Waals surface area contributed by atoms with E-state index in [-0.39, 0.29) is 31.3 Å². The number of hydrogen-bond acceptors (Lipinski definition) is 6. The van der Waals surface area contributed by atoms with Gasteiger partial charge in [0.25, 0.3) is 0 Å². The highest BCUT2D eigenvalue weighted by Gasteiger charge is 2.32. The minimum Gasteiger partial charge on any atom is -0.497 e. The number of amides is 2. The third-order valence-electron chi connectivity index (χ3n) is 4.76. The third-order valence-corrected chi connectivity index (χ3v) is 4.76. The summed E-state index contributed by atoms with van der Waals surface area (Å²) in [6.45, 7) is 3.27. The number of ether oxygens (including phenoxy) is 1. The molecule has 2 aromatic rings. The summed E-state index contributed by atoms with van der Waals surface area (Å²) in [6, 6.07) is 3.94. The van der Waals surface area contributed by atoms with Gasteiger partial charge in [-0.3, -0.25) is 24.5 Å². The maximum Gasteiger partial charge on any atom is 0.237 e. The van der Waals surface area contributed by atoms with E-state index >= 15 is 0 Å². The Labute approximate surface area is 168 Å². The Morgan fingerprint density at radius 1 is 1.38 bits per heavy atom. The van der Waals surface area contributed by atoms with Crippen LogP contribution in [0.3, 0.4) is 0 Å². The number of piperazine rings is 1. The number of methoxy groups -OCH3 is 1. The largest absolute Gasteiger partial charge is 0.497 e. The van der Waals surface area contributed by atoms with E-state index in [1.807, 2.05) is 11.8 Å². The second-order valence-corrected chi connectivity index (χ2v) is 6.86. The van der Waals surface area contributed by atoms with Gasteiger partial charge in [-0.2, -0.15) is 0 Å². The van der Waals surface area contributed by atoms with Gasteiger partial charge in [0, 0.05) is 37.5 Å². The fraction of sp³-hybridized carbons (Fsp3) is 0.400. The van der Waals surface area contributed by atoms with Crippen LogP contribution in [0.5, 0.6) is 5.75 Å². The first-order chi connectivity index (χ1) is 14.0. The normalized spacial score (nSPS) is 16.9. The maximum atomic E-state index is 14.3. The topological polar surface area (TPSA) is 96.5 Å². The van der Waals surface area contributed by atoms with Crippen LogP contribution in [-0.2, 0) is 22.7 Å². The molecular weight excluding hydrogens is 377 g/mol. The van der Waals surface area contributed by atoms with Gasteiger partial charge in [-0.05, 0) is 13.0 Å². The van der Waals surface area contributed by atoms with Gasteiger partial charge in [0.2, 0.25) is 11.8 Å². The maximum absolute atomic E-state index is 14.3. The van der Waals surface area contributed by atoms with Gasteiger partial charge in [0.05, 0.1) is 43.7 Å². The van der Waals surface area contributed by atoms with Crippen LogP contribution >= 0.6 is 0 Å². The Kier molecular flexibility index (Phi) is 6.71. The van der Waals surface area contributed by atoms with E-state index in [9.17, 15) is 14.0 Å². The Hall–Kier alpha value is -3.07. The number of aromatic nitrogens is 2. The molecule has 1 aliphatic rings. The van der Waals surface area contributed by atoms with Crippen molar-refractivity contribution in [2.24, 2.45) is 0 Å². The summed E-state index contributed by atoms with van der Waals surface area (Å²) < 4.78 is 19.3. The molecule has 0 saturated carbocycles. The monoisotopic (exact) mass is 401 g/mol. The standard InChI is InChI=1S/C20H24FN5O3/c1-13-9-24-15(10-23-13)11-25-19(27)8-18-20(28)22-5-6-26(18)12-14-3-4-16(29-2)7-17(14)21/h3-4,7,9-10,18H,5-6,8,11-12H2,1-2H3,(H,22,28)(H,25,27)/t18-/m1/s1. The summed E-state index contributed by atoms with van der Waals surface area (Å²) in [5, 5.41) is 5.53. The molecule has 0 unspecified atom stereocenters. The van der Waals surface area contributed by atoms with Gasteiger partial charge in [-0.1, -0.05) is 6.07 Å². The summed E-state index contributed by atoms with van der Waals surface area (Å²) in [4.78, 5) is 34.9. The SMILES string of the molecule is COc1ccc(CN2CCNC(=O)[C@H]2CC(=O)NCc2cnc(C)cn2)c(F)c1. The van der Waals surface area contributed by atoms with Crippen molar-refractivity contribution in [2.45, 2.75) is 32.5 Å². The second-order valence-electron chi connectivity index (χ2n) is 6.86. The highest BCUT2D eigenvalue weighted by molar-refractivity contribution is 5.88. The lowest BCUT2D eigenvalue weighted by molar-refractivity contribution is -0.134. The first-order valence-corrected chi connectivity index (χ1v) is 9.34. The molecule has 0 radical (unpaired) electrons. The number of hydrogen-bond donors (Lipinski definition) is 2. The van der Waals surface area contributed by atoms with Crippen LogP contribution in [0.2, 0.25) is 0 Å². The molecule has 2 N–H and O–H groups in total. The van der Waals surface area contributed by atoms with Crippen LogP contribution in [0.25, 0.3) is 0 Å². The van der Waals surface area contributed by atoms with Crippen molar-refractivity contribution < 1.29 is 18.7 Å². The van der Waals surface area contributed by atoms with Crippen molar-refractivity contribution in [3.63, 3.8) is 0 Å². The summed E-state index contributed by atoms with van der Waals surface area (Å²) in [6.07, 6.45) is 3.20. The Morgan fingerprint density at radius 2 is 2.21 bits per heavy atom. The molecular formula is C20H24FN5O3. The van der Waals surface area contributed by atoms with Crippen LogP contribution in [0, 0.1) is 12.7 Å². The highest BCUT2D eigenvalue weighted by Crippen LogP contribution is 2.20. The molecule has 8 nitrogen and oxygen atoms in total. The quantitative estimate of drug-likeness (QED) is 0.717. The molecule has 3 rings (SSSR count). The number of carbonyl (C=O) groups is 2. The third kappa shape index (κ3) is 5.47. The molecule has 2 amide bonds. The van der Waals surface area contributed by atoms with Gasteiger partial charge in [0.15, 0.2) is 0 Å². The molecule has 0 bridgehead atoms. The molecule has 29 heavy (non-hydrogen) atoms. The molecule has 9 heteroatoms. The highest BCUT2D eigenvalue weighted by atomic mass is 19.1. The van der Waals surface area contributed by atoms with E-state index in [1.165, 1.54) is 13.2 Å². The van der Waals surface area contributed by atoms with Crippen LogP contribution in [0.15, 0.2) is 30.6 Å². The van der Waals surface area contributed by atoms with Crippen molar-refractivity contribution in [3.8, 4) is 5.75 Å². The average molecular weight is 401 g/mol. The van der Waals surface area contributed by atoms with Gasteiger partial charge in [-0.25, -0.2) is 4.39 Å². The smallest absolute Gasteiger partial charge is 0.237 e. The summed E-state index contributed by atoms with van der Waals surface area (Å²) in [5.74, 6) is -0.501. The van der Waals surface area contributed by atoms with Crippen LogP contribution < -0.4 is 15.4 Å². The number of benzene rings is 1. The molecule has 154 valence electrons. The van der Waals surface area contributed by atoms with E-state index in [4.69, 9.17) is 4.74 Å². The zero-order chi connectivity index (χ0) is 20.8. The van der Waals surface area contributed by atoms with Crippen molar-refractivity contribution in [1.29, 1.82) is 0 Å². The second kappa shape index (κ2) is 9.42. The number of nitrogens with one attached hydrogen (secondary N) is 2. The number of halogens is 1. The minimum absolute atomic E-state index is 0.0249. The molecule has 1 atom stereocenters. The van der Waals surface area contributed by atoms with Crippen molar-refractivity contribution in [1.82, 2.24) is 25.5 Å². The van der Waals surface area contributed by atoms with Crippen molar-refractivity contribution in [3.05, 3.63) is 53.4 Å². The fourth-order valence-electron chi connectivity index (χ4n) is 3.12. The molecule has 1 saturated heterocycles. The molecule has 1 aliphatic heterocycles. The molecule has 1 aromatic carbocycles. The molecule has 0 aliphatic carbocycles. The summed E-state index contributed by atoms with van der Waals surface area (Å²) >= 11 is 0. The number of rotatable bonds is 7. The summed E-state index contributed by atoms with van der Waals surface area (Å²) in [5.41, 5.74) is 1.87. The zero-order valence-corrected chi connectivity index (χ0v) is 16.4. The Morgan fingerprint density at radius 3 is 2.90 bits per heavy atom. The minimum atomic E-state index is -0.672. The lowest BCUT2D eigenvalue weighted by atomic mass is 10.1. The van der Waals surface area contributed by atoms with Crippen LogP contribution in [0.4, 0.5) is 4.39 Å². The average Bonchev–Trinajstić information content (AvgIpc) is 2.71. The van der Waals surface area contributed by atoms with E-state index in [0.29, 0.717) is 30.1 Å². The zero-order valence-electron chi connectivity index (χ0n) is 16.4. The van der Waals surface area contributed by atoms with Crippen LogP contribution in [0.1, 0.15) is 23.4 Å². The molecule has 2 heterocycles. The van der Waals surface area contributed by atoms with E-state index in [0.717, 1.165) is 5.69 Å². The van der Waals surface area contributed by atoms with Gasteiger partial charge in [-0.15, -0.1) is 0 Å². The van der Waals surface area contributed by atoms with E-state index in [1.54, 1.807) is 24.5 Å². The van der Waals surface area contributed by atoms with E-state index in [2.05, 4.69) is 20.6 Å². The number of nitrogens with zero attached hydrogens (tertiary/aromatic N) is 3. The molecule has 0 spiro atoms. The van der Waals surface area contributed by atoms with Gasteiger partial charge in [0.1, 0.15) is 11.6 Å². The van der Waals surface area contributed by atoms with E-state index < -0.39 is 11.9 Å². The predicted octanol–water partition coefficient (Wildman–Crippen LogP) is 0.940. The van der Waals surface area contributed by atoms with Gasteiger partial charge >= 0.3 is 0 Å². The van der Waals surface area contributed by atoms with Crippen LogP contribution in [-0.4, -0.2) is 52.9 Å².